The summed E-state index contributed by atoms with van der Waals surface area (Å²) >= 11 is 0. The molecule has 4 N–H and O–H groups in total. The molecule has 3 saturated carbocycles. The van der Waals surface area contributed by atoms with Gasteiger partial charge in [-0.3, -0.25) is 4.79 Å². The van der Waals surface area contributed by atoms with Crippen LogP contribution < -0.4 is 25.3 Å². The molecule has 1 saturated heterocycles. The van der Waals surface area contributed by atoms with Crippen molar-refractivity contribution in [2.75, 3.05) is 20.3 Å². The van der Waals surface area contributed by atoms with Crippen LogP contribution in [0.25, 0.3) is 11.8 Å². The molecular weight excluding hydrogens is 723 g/mol. The molecule has 304 valence electrons. The molecule has 11 heteroatoms. The van der Waals surface area contributed by atoms with Gasteiger partial charge in [0.05, 0.1) is 47.8 Å². The van der Waals surface area contributed by atoms with Crippen molar-refractivity contribution >= 4 is 23.5 Å². The van der Waals surface area contributed by atoms with Crippen molar-refractivity contribution < 1.29 is 38.4 Å². The zero-order valence-corrected chi connectivity index (χ0v) is 34.8. The number of carbonyl (C=O) groups is 2. The van der Waals surface area contributed by atoms with Crippen LogP contribution in [0.15, 0.2) is 58.0 Å². The quantitative estimate of drug-likeness (QED) is 0.0798. The summed E-state index contributed by atoms with van der Waals surface area (Å²) in [6, 6.07) is 2.35. The van der Waals surface area contributed by atoms with Crippen LogP contribution in [0, 0.1) is 29.1 Å². The molecule has 1 spiro atoms. The molecule has 0 radical (unpaired) electrons. The molecule has 6 atom stereocenters. The molecular formula is C46H57N3O8. The second-order valence-electron chi connectivity index (χ2n) is 17.6. The van der Waals surface area contributed by atoms with Crippen molar-refractivity contribution in [2.24, 2.45) is 23.5 Å². The Labute approximate surface area is 336 Å². The fourth-order valence-electron chi connectivity index (χ4n) is 10.2. The number of carbonyl (C=O) groups excluding carboxylic acids is 2. The summed E-state index contributed by atoms with van der Waals surface area (Å²) in [4.78, 5) is 28.0. The Kier molecular flexibility index (Phi) is 10.3. The maximum atomic E-state index is 15.3. The van der Waals surface area contributed by atoms with E-state index in [1.54, 1.807) is 13.0 Å². The highest BCUT2D eigenvalue weighted by Crippen LogP contribution is 2.73. The minimum atomic E-state index is -1.56. The lowest BCUT2D eigenvalue weighted by Crippen LogP contribution is -2.75. The number of methoxy groups -OCH3 is 1. The number of dihydropyridines is 1. The van der Waals surface area contributed by atoms with E-state index in [4.69, 9.17) is 29.4 Å². The van der Waals surface area contributed by atoms with E-state index in [9.17, 15) is 15.2 Å². The first kappa shape index (κ1) is 40.4. The van der Waals surface area contributed by atoms with Crippen LogP contribution in [0.4, 0.5) is 0 Å². The number of nitrogens with zero attached hydrogens (tertiary/aromatic N) is 1. The van der Waals surface area contributed by atoms with Crippen molar-refractivity contribution in [1.82, 2.24) is 5.32 Å². The first-order valence-corrected chi connectivity index (χ1v) is 20.2. The van der Waals surface area contributed by atoms with Crippen LogP contribution in [0.3, 0.4) is 0 Å². The number of allylic oxidation sites excluding steroid dienone is 5. The SMILES string of the molecule is COC(=O)/C(C)=C\CC12OC(C)(C)C3CC(C1=O)C1C(C#N)=C(N)NC4=C1C32Oc1c(CC=C(C)C)c2c(c(OCCCCO)c14)C=CC(C)(CCC=C(C)C)O2. The van der Waals surface area contributed by atoms with Gasteiger partial charge < -0.3 is 39.8 Å². The Morgan fingerprint density at radius 1 is 1.09 bits per heavy atom. The first-order valence-electron chi connectivity index (χ1n) is 20.2. The standard InChI is InChI=1S/C46H57N3O8/c1-25(2)13-12-18-44(8)19-17-29-37(55-44)28(15-14-26(3)4)39-34(38(29)54-22-11-10-21-50)36-35-33(31(24-47)41(48)49-36)30-23-32-43(6,7)57-45(40(30)51,46(32,35)56-39)20-16-27(5)42(52)53-9/h13-14,16-17,19,30,32-33,49-50H,10-12,15,18,20-23,48H2,1-9H3/b27-16-. The maximum Gasteiger partial charge on any atom is 0.333 e. The Balaban J connectivity index is 1.56. The Morgan fingerprint density at radius 2 is 1.82 bits per heavy atom. The summed E-state index contributed by atoms with van der Waals surface area (Å²) in [5.74, 6) is -0.438. The van der Waals surface area contributed by atoms with Gasteiger partial charge in [0.25, 0.3) is 0 Å². The molecule has 4 bridgehead atoms. The van der Waals surface area contributed by atoms with Crippen LogP contribution in [0.5, 0.6) is 17.2 Å². The van der Waals surface area contributed by atoms with Gasteiger partial charge in [-0.15, -0.1) is 0 Å². The van der Waals surface area contributed by atoms with Gasteiger partial charge in [-0.05, 0) is 106 Å². The summed E-state index contributed by atoms with van der Waals surface area (Å²) < 4.78 is 33.8. The minimum Gasteiger partial charge on any atom is -0.492 e. The van der Waals surface area contributed by atoms with E-state index in [-0.39, 0.29) is 30.5 Å². The largest absolute Gasteiger partial charge is 0.492 e. The summed E-state index contributed by atoms with van der Waals surface area (Å²) in [5.41, 5.74) is 8.90. The van der Waals surface area contributed by atoms with Crippen LogP contribution in [-0.4, -0.2) is 59.6 Å². The number of nitrogens with one attached hydrogen (secondary N) is 1. The predicted molar refractivity (Wildman–Crippen MR) is 217 cm³/mol. The highest BCUT2D eigenvalue weighted by molar-refractivity contribution is 6.01. The highest BCUT2D eigenvalue weighted by Gasteiger charge is 2.84. The van der Waals surface area contributed by atoms with Gasteiger partial charge >= 0.3 is 5.97 Å². The summed E-state index contributed by atoms with van der Waals surface area (Å²) in [6.07, 6.45) is 13.9. The number of nitrogens with two attached hydrogens (primary N) is 1. The Hall–Kier alpha value is -4.79. The van der Waals surface area contributed by atoms with E-state index in [0.29, 0.717) is 71.9 Å². The molecule has 0 amide bonds. The first-order chi connectivity index (χ1) is 27.0. The van der Waals surface area contributed by atoms with Crippen molar-refractivity contribution in [3.05, 3.63) is 74.7 Å². The molecule has 0 aromatic heterocycles. The molecule has 7 aliphatic rings. The number of hydrogen-bond donors (Lipinski definition) is 3. The Morgan fingerprint density at radius 3 is 2.49 bits per heavy atom. The van der Waals surface area contributed by atoms with Crippen LogP contribution in [0.1, 0.15) is 111 Å². The van der Waals surface area contributed by atoms with Crippen LogP contribution in [0.2, 0.25) is 0 Å². The number of ether oxygens (including phenoxy) is 5. The van der Waals surface area contributed by atoms with Gasteiger partial charge in [0, 0.05) is 47.5 Å². The molecule has 4 fully saturated rings. The average molecular weight is 780 g/mol. The maximum absolute atomic E-state index is 15.3. The van der Waals surface area contributed by atoms with Gasteiger partial charge in [0.2, 0.25) is 0 Å². The van der Waals surface area contributed by atoms with Crippen molar-refractivity contribution in [3.8, 4) is 23.3 Å². The number of aliphatic hydroxyl groups excluding tert-OH is 1. The number of rotatable bonds is 13. The molecule has 1 aromatic rings. The van der Waals surface area contributed by atoms with E-state index >= 15 is 4.79 Å². The van der Waals surface area contributed by atoms with E-state index in [2.05, 4.69) is 56.5 Å². The van der Waals surface area contributed by atoms with E-state index in [1.165, 1.54) is 12.7 Å². The van der Waals surface area contributed by atoms with Gasteiger partial charge in [0.15, 0.2) is 17.0 Å². The number of esters is 1. The number of nitriles is 1. The fraction of sp³-hybridized carbons (Fsp3) is 0.543. The van der Waals surface area contributed by atoms with Gasteiger partial charge in [-0.2, -0.15) is 5.26 Å². The molecule has 11 nitrogen and oxygen atoms in total. The predicted octanol–water partition coefficient (Wildman–Crippen LogP) is 7.29. The smallest absolute Gasteiger partial charge is 0.333 e. The minimum absolute atomic E-state index is 0.0370. The fourth-order valence-corrected chi connectivity index (χ4v) is 10.2. The number of ketones is 1. The van der Waals surface area contributed by atoms with Gasteiger partial charge in [-0.1, -0.05) is 29.4 Å². The third-order valence-corrected chi connectivity index (χ3v) is 12.8. The molecule has 3 aliphatic carbocycles. The number of aliphatic hydroxyl groups is 1. The van der Waals surface area contributed by atoms with Crippen molar-refractivity contribution in [3.63, 3.8) is 0 Å². The topological polar surface area (TPSA) is 162 Å². The molecule has 8 rings (SSSR count). The molecule has 6 unspecified atom stereocenters. The van der Waals surface area contributed by atoms with Crippen molar-refractivity contribution in [1.29, 1.82) is 5.26 Å². The summed E-state index contributed by atoms with van der Waals surface area (Å²) in [7, 11) is 1.33. The molecule has 1 aromatic carbocycles. The van der Waals surface area contributed by atoms with E-state index in [0.717, 1.165) is 35.1 Å². The number of fused-ring (bicyclic) bond motifs is 3. The molecule has 4 aliphatic heterocycles. The highest BCUT2D eigenvalue weighted by atomic mass is 16.6. The van der Waals surface area contributed by atoms with E-state index < -0.39 is 40.2 Å². The average Bonchev–Trinajstić information content (AvgIpc) is 3.30. The number of Topliss-reactive ketones (excluding diaryl/α,β-unsaturated/α-hetero) is 1. The summed E-state index contributed by atoms with van der Waals surface area (Å²) in [5, 5.41) is 23.8. The normalized spacial score (nSPS) is 29.6. The summed E-state index contributed by atoms with van der Waals surface area (Å²) in [6.45, 7) is 16.4. The van der Waals surface area contributed by atoms with Gasteiger partial charge in [-0.25, -0.2) is 4.79 Å². The lowest BCUT2D eigenvalue weighted by molar-refractivity contribution is -0.181. The molecule has 4 heterocycles. The van der Waals surface area contributed by atoms with Crippen LogP contribution >= 0.6 is 0 Å². The van der Waals surface area contributed by atoms with Gasteiger partial charge in [0.1, 0.15) is 28.7 Å². The Bertz CT molecular complexity index is 2140. The zero-order valence-electron chi connectivity index (χ0n) is 34.8. The lowest BCUT2D eigenvalue weighted by Gasteiger charge is -2.62. The molecule has 57 heavy (non-hydrogen) atoms. The second-order valence-corrected chi connectivity index (χ2v) is 17.6. The van der Waals surface area contributed by atoms with Crippen LogP contribution in [-0.2, 0) is 25.5 Å². The number of benzene rings is 1. The third-order valence-electron chi connectivity index (χ3n) is 12.8. The number of hydrogen-bond acceptors (Lipinski definition) is 11. The van der Waals surface area contributed by atoms with E-state index in [1.807, 2.05) is 27.7 Å². The third kappa shape index (κ3) is 6.13. The second kappa shape index (κ2) is 14.5. The lowest BCUT2D eigenvalue weighted by atomic mass is 9.45. The number of unbranched alkanes of at least 4 members (excludes halogenated alkanes) is 1. The zero-order chi connectivity index (χ0) is 41.2. The van der Waals surface area contributed by atoms with Crippen molar-refractivity contribution in [2.45, 2.75) is 123 Å². The monoisotopic (exact) mass is 779 g/mol.